The molecule has 1 rings (SSSR count). The summed E-state index contributed by atoms with van der Waals surface area (Å²) in [6, 6.07) is 0. The lowest BCUT2D eigenvalue weighted by atomic mass is 10.5. The number of carbonyl (C=O) groups excluding carboxylic acids is 1. The molecule has 0 aliphatic carbocycles. The number of likely N-dealkylation sites (N-methyl/N-ethyl adjacent to an activating group) is 1. The Morgan fingerprint density at radius 1 is 1.35 bits per heavy atom. The van der Waals surface area contributed by atoms with Gasteiger partial charge < -0.3 is 16.0 Å². The van der Waals surface area contributed by atoms with Gasteiger partial charge in [0.1, 0.15) is 5.82 Å². The van der Waals surface area contributed by atoms with Gasteiger partial charge in [-0.2, -0.15) is 4.98 Å². The molecule has 0 unspecified atom stereocenters. The molecule has 17 heavy (non-hydrogen) atoms. The second kappa shape index (κ2) is 7.05. The van der Waals surface area contributed by atoms with Crippen molar-refractivity contribution in [1.82, 2.24) is 15.3 Å². The summed E-state index contributed by atoms with van der Waals surface area (Å²) in [5, 5.41) is 8.65. The minimum atomic E-state index is -0.0667. The minimum Gasteiger partial charge on any atom is -0.360 e. The van der Waals surface area contributed by atoms with Crippen LogP contribution in [0.2, 0.25) is 0 Å². The molecule has 0 saturated heterocycles. The smallest absolute Gasteiger partial charge is 0.239 e. The van der Waals surface area contributed by atoms with Crippen LogP contribution in [0.3, 0.4) is 0 Å². The average molecular weight is 302 g/mol. The van der Waals surface area contributed by atoms with Crippen LogP contribution in [0.5, 0.6) is 0 Å². The van der Waals surface area contributed by atoms with Gasteiger partial charge in [0.25, 0.3) is 0 Å². The van der Waals surface area contributed by atoms with E-state index in [1.807, 2.05) is 13.8 Å². The van der Waals surface area contributed by atoms with E-state index in [0.717, 1.165) is 11.0 Å². The van der Waals surface area contributed by atoms with Gasteiger partial charge >= 0.3 is 0 Å². The summed E-state index contributed by atoms with van der Waals surface area (Å²) in [7, 11) is 0. The van der Waals surface area contributed by atoms with Gasteiger partial charge in [-0.05, 0) is 29.8 Å². The SMILES string of the molecule is CCNC(=O)CNc1nc(NCC)ncc1Br. The van der Waals surface area contributed by atoms with E-state index in [9.17, 15) is 4.79 Å². The summed E-state index contributed by atoms with van der Waals surface area (Å²) in [6.07, 6.45) is 1.64. The highest BCUT2D eigenvalue weighted by Crippen LogP contribution is 2.19. The summed E-state index contributed by atoms with van der Waals surface area (Å²) in [4.78, 5) is 19.6. The lowest BCUT2D eigenvalue weighted by molar-refractivity contribution is -0.119. The predicted molar refractivity (Wildman–Crippen MR) is 71.1 cm³/mol. The minimum absolute atomic E-state index is 0.0667. The third-order valence-electron chi connectivity index (χ3n) is 1.87. The molecule has 0 aliphatic heterocycles. The van der Waals surface area contributed by atoms with Crippen LogP contribution < -0.4 is 16.0 Å². The molecule has 1 aromatic rings. The zero-order valence-corrected chi connectivity index (χ0v) is 11.5. The van der Waals surface area contributed by atoms with Crippen LogP contribution in [0, 0.1) is 0 Å². The Morgan fingerprint density at radius 3 is 2.76 bits per heavy atom. The molecule has 1 heterocycles. The Hall–Kier alpha value is -1.37. The van der Waals surface area contributed by atoms with Crippen LogP contribution in [-0.4, -0.2) is 35.5 Å². The van der Waals surface area contributed by atoms with Crippen molar-refractivity contribution >= 4 is 33.6 Å². The van der Waals surface area contributed by atoms with Crippen molar-refractivity contribution in [2.75, 3.05) is 30.3 Å². The van der Waals surface area contributed by atoms with Crippen molar-refractivity contribution < 1.29 is 4.79 Å². The maximum absolute atomic E-state index is 11.3. The first-order valence-electron chi connectivity index (χ1n) is 5.44. The summed E-state index contributed by atoms with van der Waals surface area (Å²) in [5.74, 6) is 1.07. The lowest BCUT2D eigenvalue weighted by Gasteiger charge is -2.09. The van der Waals surface area contributed by atoms with Crippen LogP contribution in [0.15, 0.2) is 10.7 Å². The molecule has 0 bridgehead atoms. The van der Waals surface area contributed by atoms with E-state index in [2.05, 4.69) is 41.8 Å². The molecule has 0 radical (unpaired) electrons. The first-order chi connectivity index (χ1) is 8.17. The van der Waals surface area contributed by atoms with E-state index >= 15 is 0 Å². The molecule has 0 fully saturated rings. The molecule has 1 aromatic heterocycles. The number of aromatic nitrogens is 2. The lowest BCUT2D eigenvalue weighted by Crippen LogP contribution is -2.29. The average Bonchev–Trinajstić information content (AvgIpc) is 2.30. The zero-order valence-electron chi connectivity index (χ0n) is 9.88. The van der Waals surface area contributed by atoms with Crippen LogP contribution in [0.4, 0.5) is 11.8 Å². The molecule has 0 saturated carbocycles. The highest BCUT2D eigenvalue weighted by atomic mass is 79.9. The topological polar surface area (TPSA) is 78.9 Å². The first-order valence-corrected chi connectivity index (χ1v) is 6.23. The van der Waals surface area contributed by atoms with E-state index in [-0.39, 0.29) is 12.5 Å². The highest BCUT2D eigenvalue weighted by molar-refractivity contribution is 9.10. The third kappa shape index (κ3) is 4.56. The molecule has 0 aliphatic rings. The summed E-state index contributed by atoms with van der Waals surface area (Å²) < 4.78 is 0.725. The number of hydrogen-bond acceptors (Lipinski definition) is 5. The summed E-state index contributed by atoms with van der Waals surface area (Å²) in [5.41, 5.74) is 0. The number of carbonyl (C=O) groups is 1. The molecular weight excluding hydrogens is 286 g/mol. The number of halogens is 1. The number of anilines is 2. The van der Waals surface area contributed by atoms with Gasteiger partial charge in [-0.1, -0.05) is 0 Å². The van der Waals surface area contributed by atoms with Gasteiger partial charge in [-0.3, -0.25) is 4.79 Å². The van der Waals surface area contributed by atoms with Crippen molar-refractivity contribution in [2.24, 2.45) is 0 Å². The van der Waals surface area contributed by atoms with Crippen molar-refractivity contribution in [3.05, 3.63) is 10.7 Å². The van der Waals surface area contributed by atoms with Crippen molar-refractivity contribution in [3.63, 3.8) is 0 Å². The first kappa shape index (κ1) is 13.7. The quantitative estimate of drug-likeness (QED) is 0.736. The number of nitrogens with zero attached hydrogens (tertiary/aromatic N) is 2. The maximum Gasteiger partial charge on any atom is 0.239 e. The molecule has 6 nitrogen and oxygen atoms in total. The van der Waals surface area contributed by atoms with Gasteiger partial charge in [-0.15, -0.1) is 0 Å². The molecule has 0 atom stereocenters. The molecular formula is C10H16BrN5O. The predicted octanol–water partition coefficient (Wildman–Crippen LogP) is 1.22. The second-order valence-corrected chi connectivity index (χ2v) is 4.08. The fourth-order valence-electron chi connectivity index (χ4n) is 1.16. The van der Waals surface area contributed by atoms with Gasteiger partial charge in [-0.25, -0.2) is 4.98 Å². The Bertz CT molecular complexity index is 385. The maximum atomic E-state index is 11.3. The van der Waals surface area contributed by atoms with Gasteiger partial charge in [0, 0.05) is 19.3 Å². The molecule has 0 spiro atoms. The number of rotatable bonds is 6. The van der Waals surface area contributed by atoms with Crippen LogP contribution in [0.25, 0.3) is 0 Å². The van der Waals surface area contributed by atoms with Crippen LogP contribution >= 0.6 is 15.9 Å². The van der Waals surface area contributed by atoms with Gasteiger partial charge in [0.05, 0.1) is 11.0 Å². The Kier molecular flexibility index (Phi) is 5.68. The Labute approximate surface area is 109 Å². The van der Waals surface area contributed by atoms with Crippen molar-refractivity contribution in [2.45, 2.75) is 13.8 Å². The monoisotopic (exact) mass is 301 g/mol. The fourth-order valence-corrected chi connectivity index (χ4v) is 1.49. The molecule has 1 amide bonds. The van der Waals surface area contributed by atoms with E-state index in [1.54, 1.807) is 6.20 Å². The highest BCUT2D eigenvalue weighted by Gasteiger charge is 2.06. The van der Waals surface area contributed by atoms with Crippen molar-refractivity contribution in [3.8, 4) is 0 Å². The summed E-state index contributed by atoms with van der Waals surface area (Å²) in [6.45, 7) is 5.40. The zero-order chi connectivity index (χ0) is 12.7. The Morgan fingerprint density at radius 2 is 2.12 bits per heavy atom. The van der Waals surface area contributed by atoms with E-state index in [0.29, 0.717) is 18.3 Å². The van der Waals surface area contributed by atoms with E-state index < -0.39 is 0 Å². The molecule has 94 valence electrons. The molecule has 0 aromatic carbocycles. The number of hydrogen-bond donors (Lipinski definition) is 3. The largest absolute Gasteiger partial charge is 0.360 e. The van der Waals surface area contributed by atoms with Crippen LogP contribution in [-0.2, 0) is 4.79 Å². The molecule has 7 heteroatoms. The normalized spacial score (nSPS) is 9.82. The van der Waals surface area contributed by atoms with Crippen LogP contribution in [0.1, 0.15) is 13.8 Å². The third-order valence-corrected chi connectivity index (χ3v) is 2.45. The number of nitrogens with one attached hydrogen (secondary N) is 3. The second-order valence-electron chi connectivity index (χ2n) is 3.23. The van der Waals surface area contributed by atoms with E-state index in [1.165, 1.54) is 0 Å². The number of amides is 1. The van der Waals surface area contributed by atoms with E-state index in [4.69, 9.17) is 0 Å². The molecule has 3 N–H and O–H groups in total. The Balaban J connectivity index is 2.62. The fraction of sp³-hybridized carbons (Fsp3) is 0.500. The van der Waals surface area contributed by atoms with Gasteiger partial charge in [0.2, 0.25) is 11.9 Å². The standard InChI is InChI=1S/C10H16BrN5O/c1-3-12-8(17)6-14-9-7(11)5-15-10(16-9)13-4-2/h5H,3-4,6H2,1-2H3,(H,12,17)(H2,13,14,15,16). The van der Waals surface area contributed by atoms with Gasteiger partial charge in [0.15, 0.2) is 0 Å². The summed E-state index contributed by atoms with van der Waals surface area (Å²) >= 11 is 3.32. The van der Waals surface area contributed by atoms with Crippen molar-refractivity contribution in [1.29, 1.82) is 0 Å².